The van der Waals surface area contributed by atoms with Gasteiger partial charge >= 0.3 is 5.97 Å². The fourth-order valence-electron chi connectivity index (χ4n) is 1.85. The Morgan fingerprint density at radius 1 is 1.43 bits per heavy atom. The van der Waals surface area contributed by atoms with Gasteiger partial charge in [0.15, 0.2) is 5.11 Å². The summed E-state index contributed by atoms with van der Waals surface area (Å²) in [4.78, 5) is 15.0. The van der Waals surface area contributed by atoms with Gasteiger partial charge in [0.2, 0.25) is 0 Å². The van der Waals surface area contributed by atoms with E-state index in [1.807, 2.05) is 13.8 Å². The van der Waals surface area contributed by atoms with Crippen molar-refractivity contribution in [3.63, 3.8) is 0 Å². The molecule has 0 radical (unpaired) electrons. The SMILES string of the molecule is CCCNC(=S)N/N=C/c1[nH]c(C)c(C(=O)OCC)c1C. The van der Waals surface area contributed by atoms with Crippen molar-refractivity contribution in [1.82, 2.24) is 15.7 Å². The number of carbonyl (C=O) groups excluding carboxylic acids is 1. The van der Waals surface area contributed by atoms with Crippen LogP contribution in [-0.4, -0.2) is 35.4 Å². The lowest BCUT2D eigenvalue weighted by Gasteiger charge is -2.04. The molecule has 0 saturated carbocycles. The number of aromatic amines is 1. The second-order valence-corrected chi connectivity index (χ2v) is 4.92. The van der Waals surface area contributed by atoms with Gasteiger partial charge in [-0.25, -0.2) is 4.79 Å². The zero-order valence-corrected chi connectivity index (χ0v) is 13.7. The Labute approximate surface area is 130 Å². The van der Waals surface area contributed by atoms with Crippen molar-refractivity contribution >= 4 is 29.5 Å². The van der Waals surface area contributed by atoms with E-state index in [0.717, 1.165) is 29.9 Å². The molecule has 3 N–H and O–H groups in total. The smallest absolute Gasteiger partial charge is 0.340 e. The largest absolute Gasteiger partial charge is 0.462 e. The van der Waals surface area contributed by atoms with Gasteiger partial charge in [-0.2, -0.15) is 5.10 Å². The highest BCUT2D eigenvalue weighted by Crippen LogP contribution is 2.17. The molecule has 0 spiro atoms. The maximum atomic E-state index is 11.9. The molecule has 7 heteroatoms. The second-order valence-electron chi connectivity index (χ2n) is 4.51. The maximum absolute atomic E-state index is 11.9. The number of H-pyrrole nitrogens is 1. The van der Waals surface area contributed by atoms with Crippen molar-refractivity contribution in [2.24, 2.45) is 5.10 Å². The molecule has 0 amide bonds. The number of hydrogen-bond acceptors (Lipinski definition) is 4. The number of hydrazone groups is 1. The van der Waals surface area contributed by atoms with Crippen molar-refractivity contribution in [2.75, 3.05) is 13.2 Å². The Bertz CT molecular complexity index is 537. The Hall–Kier alpha value is -1.89. The molecule has 21 heavy (non-hydrogen) atoms. The van der Waals surface area contributed by atoms with Crippen LogP contribution in [0.1, 0.15) is 47.6 Å². The van der Waals surface area contributed by atoms with Gasteiger partial charge in [0.25, 0.3) is 0 Å². The average molecular weight is 310 g/mol. The van der Waals surface area contributed by atoms with Crippen LogP contribution < -0.4 is 10.7 Å². The molecular weight excluding hydrogens is 288 g/mol. The summed E-state index contributed by atoms with van der Waals surface area (Å²) in [5.74, 6) is -0.323. The van der Waals surface area contributed by atoms with Gasteiger partial charge in [0.1, 0.15) is 0 Å². The Kier molecular flexibility index (Phi) is 6.87. The lowest BCUT2D eigenvalue weighted by atomic mass is 10.1. The number of nitrogens with zero attached hydrogens (tertiary/aromatic N) is 1. The molecule has 0 aromatic carbocycles. The number of nitrogens with one attached hydrogen (secondary N) is 3. The van der Waals surface area contributed by atoms with E-state index in [0.29, 0.717) is 17.3 Å². The number of aryl methyl sites for hydroxylation is 1. The summed E-state index contributed by atoms with van der Waals surface area (Å²) >= 11 is 5.05. The first-order chi connectivity index (χ1) is 10.0. The molecular formula is C14H22N4O2S. The van der Waals surface area contributed by atoms with Gasteiger partial charge in [0, 0.05) is 12.2 Å². The molecule has 6 nitrogen and oxygen atoms in total. The summed E-state index contributed by atoms with van der Waals surface area (Å²) in [5, 5.41) is 7.53. The maximum Gasteiger partial charge on any atom is 0.340 e. The molecule has 0 unspecified atom stereocenters. The third kappa shape index (κ3) is 4.86. The van der Waals surface area contributed by atoms with Crippen LogP contribution in [0.15, 0.2) is 5.10 Å². The fourth-order valence-corrected chi connectivity index (χ4v) is 2.00. The number of thiocarbonyl (C=S) groups is 1. The van der Waals surface area contributed by atoms with Crippen molar-refractivity contribution in [2.45, 2.75) is 34.1 Å². The highest BCUT2D eigenvalue weighted by molar-refractivity contribution is 7.80. The van der Waals surface area contributed by atoms with Crippen molar-refractivity contribution < 1.29 is 9.53 Å². The second kappa shape index (κ2) is 8.41. The molecule has 0 saturated heterocycles. The van der Waals surface area contributed by atoms with Gasteiger partial charge in [-0.3, -0.25) is 5.43 Å². The molecule has 1 heterocycles. The van der Waals surface area contributed by atoms with Crippen LogP contribution in [0.2, 0.25) is 0 Å². The van der Waals surface area contributed by atoms with Crippen molar-refractivity contribution in [1.29, 1.82) is 0 Å². The standard InChI is InChI=1S/C14H22N4O2S/c1-5-7-15-14(21)18-16-8-11-9(3)12(10(4)17-11)13(19)20-6-2/h8,17H,5-7H2,1-4H3,(H2,15,18,21)/b16-8+. The number of ether oxygens (including phenoxy) is 1. The minimum atomic E-state index is -0.323. The van der Waals surface area contributed by atoms with Crippen LogP contribution in [0.25, 0.3) is 0 Å². The molecule has 0 aliphatic carbocycles. The topological polar surface area (TPSA) is 78.5 Å². The van der Waals surface area contributed by atoms with Gasteiger partial charge < -0.3 is 15.0 Å². The Morgan fingerprint density at radius 3 is 2.76 bits per heavy atom. The van der Waals surface area contributed by atoms with Gasteiger partial charge in [-0.15, -0.1) is 0 Å². The van der Waals surface area contributed by atoms with Crippen molar-refractivity contribution in [3.8, 4) is 0 Å². The van der Waals surface area contributed by atoms with Crippen LogP contribution in [0, 0.1) is 13.8 Å². The highest BCUT2D eigenvalue weighted by Gasteiger charge is 2.18. The van der Waals surface area contributed by atoms with Crippen LogP contribution in [0.5, 0.6) is 0 Å². The summed E-state index contributed by atoms with van der Waals surface area (Å²) < 4.78 is 5.04. The fraction of sp³-hybridized carbons (Fsp3) is 0.500. The van der Waals surface area contributed by atoms with Gasteiger partial charge in [-0.05, 0) is 45.0 Å². The molecule has 0 aliphatic rings. The summed E-state index contributed by atoms with van der Waals surface area (Å²) in [6.07, 6.45) is 2.59. The lowest BCUT2D eigenvalue weighted by molar-refractivity contribution is 0.0525. The predicted octanol–water partition coefficient (Wildman–Crippen LogP) is 2.02. The van der Waals surface area contributed by atoms with Gasteiger partial charge in [-0.1, -0.05) is 6.92 Å². The molecule has 0 fully saturated rings. The van der Waals surface area contributed by atoms with E-state index < -0.39 is 0 Å². The number of carbonyl (C=O) groups is 1. The first-order valence-electron chi connectivity index (χ1n) is 6.94. The number of aromatic nitrogens is 1. The number of hydrogen-bond donors (Lipinski definition) is 3. The molecule has 116 valence electrons. The summed E-state index contributed by atoms with van der Waals surface area (Å²) in [5.41, 5.74) is 5.61. The van der Waals surface area contributed by atoms with Crippen LogP contribution in [0.3, 0.4) is 0 Å². The van der Waals surface area contributed by atoms with E-state index >= 15 is 0 Å². The summed E-state index contributed by atoms with van der Waals surface area (Å²) in [6.45, 7) is 8.68. The Morgan fingerprint density at radius 2 is 2.14 bits per heavy atom. The van der Waals surface area contributed by atoms with E-state index in [1.54, 1.807) is 13.1 Å². The zero-order chi connectivity index (χ0) is 15.8. The lowest BCUT2D eigenvalue weighted by Crippen LogP contribution is -2.32. The van der Waals surface area contributed by atoms with E-state index in [2.05, 4.69) is 27.8 Å². The first-order valence-corrected chi connectivity index (χ1v) is 7.35. The molecule has 1 rings (SSSR count). The quantitative estimate of drug-likeness (QED) is 0.324. The summed E-state index contributed by atoms with van der Waals surface area (Å²) in [6, 6.07) is 0. The predicted molar refractivity (Wildman–Crippen MR) is 87.8 cm³/mol. The minimum Gasteiger partial charge on any atom is -0.462 e. The van der Waals surface area contributed by atoms with Crippen LogP contribution in [-0.2, 0) is 4.74 Å². The molecule has 0 atom stereocenters. The average Bonchev–Trinajstić information content (AvgIpc) is 2.71. The molecule has 0 aliphatic heterocycles. The normalized spacial score (nSPS) is 10.7. The number of esters is 1. The van der Waals surface area contributed by atoms with E-state index in [4.69, 9.17) is 17.0 Å². The summed E-state index contributed by atoms with van der Waals surface area (Å²) in [7, 11) is 0. The highest BCUT2D eigenvalue weighted by atomic mass is 32.1. The zero-order valence-electron chi connectivity index (χ0n) is 12.9. The van der Waals surface area contributed by atoms with Crippen LogP contribution >= 0.6 is 12.2 Å². The van der Waals surface area contributed by atoms with E-state index in [1.165, 1.54) is 0 Å². The molecule has 1 aromatic rings. The van der Waals surface area contributed by atoms with E-state index in [-0.39, 0.29) is 5.97 Å². The number of rotatable bonds is 6. The Balaban J connectivity index is 2.74. The van der Waals surface area contributed by atoms with Crippen LogP contribution in [0.4, 0.5) is 0 Å². The monoisotopic (exact) mass is 310 g/mol. The van der Waals surface area contributed by atoms with Gasteiger partial charge in [0.05, 0.1) is 24.1 Å². The molecule has 1 aromatic heterocycles. The molecule has 0 bridgehead atoms. The third-order valence-electron chi connectivity index (χ3n) is 2.85. The first kappa shape index (κ1) is 17.2. The minimum absolute atomic E-state index is 0.323. The van der Waals surface area contributed by atoms with Crippen molar-refractivity contribution in [3.05, 3.63) is 22.5 Å². The third-order valence-corrected chi connectivity index (χ3v) is 3.09. The van der Waals surface area contributed by atoms with E-state index in [9.17, 15) is 4.79 Å².